The molecular formula is C20H23NO7S. The summed E-state index contributed by atoms with van der Waals surface area (Å²) in [5.74, 6) is -0.230. The molecule has 1 N–H and O–H groups in total. The molecule has 156 valence electrons. The highest BCUT2D eigenvalue weighted by atomic mass is 32.2. The third-order valence-electron chi connectivity index (χ3n) is 3.44. The van der Waals surface area contributed by atoms with Gasteiger partial charge < -0.3 is 24.3 Å². The van der Waals surface area contributed by atoms with E-state index >= 15 is 0 Å². The van der Waals surface area contributed by atoms with Gasteiger partial charge in [0.15, 0.2) is 18.1 Å². The molecular weight excluding hydrogens is 398 g/mol. The molecule has 1 aromatic rings. The van der Waals surface area contributed by atoms with Crippen LogP contribution in [-0.2, 0) is 28.5 Å². The Morgan fingerprint density at radius 1 is 1.17 bits per heavy atom. The van der Waals surface area contributed by atoms with E-state index in [2.05, 4.69) is 11.9 Å². The second-order valence-corrected chi connectivity index (χ2v) is 7.24. The number of benzene rings is 1. The Balaban J connectivity index is 1.93. The van der Waals surface area contributed by atoms with E-state index in [9.17, 15) is 14.4 Å². The fourth-order valence-corrected chi connectivity index (χ4v) is 2.99. The van der Waals surface area contributed by atoms with Crippen molar-refractivity contribution in [3.05, 3.63) is 54.2 Å². The van der Waals surface area contributed by atoms with Crippen LogP contribution < -0.4 is 5.32 Å². The lowest BCUT2D eigenvalue weighted by Gasteiger charge is -2.17. The van der Waals surface area contributed by atoms with E-state index in [-0.39, 0.29) is 24.4 Å². The van der Waals surface area contributed by atoms with Crippen LogP contribution in [0.15, 0.2) is 48.6 Å². The van der Waals surface area contributed by atoms with Crippen molar-refractivity contribution in [2.75, 3.05) is 12.4 Å². The number of ether oxygens (including phenoxy) is 4. The fraction of sp³-hybridized carbons (Fsp3) is 0.350. The molecule has 0 bridgehead atoms. The maximum absolute atomic E-state index is 12.1. The zero-order valence-corrected chi connectivity index (χ0v) is 17.2. The summed E-state index contributed by atoms with van der Waals surface area (Å²) in [6, 6.07) is 8.23. The minimum absolute atomic E-state index is 0.0291. The summed E-state index contributed by atoms with van der Waals surface area (Å²) in [5.41, 5.74) is 0.756. The van der Waals surface area contributed by atoms with E-state index < -0.39 is 23.2 Å². The van der Waals surface area contributed by atoms with Crippen molar-refractivity contribution in [1.82, 2.24) is 5.32 Å². The van der Waals surface area contributed by atoms with E-state index in [4.69, 9.17) is 18.9 Å². The normalized spacial score (nSPS) is 14.1. The van der Waals surface area contributed by atoms with E-state index in [1.54, 1.807) is 13.8 Å². The van der Waals surface area contributed by atoms with Crippen LogP contribution in [0.2, 0.25) is 0 Å². The molecule has 29 heavy (non-hydrogen) atoms. The molecule has 0 fully saturated rings. The van der Waals surface area contributed by atoms with E-state index in [1.165, 1.54) is 6.92 Å². The summed E-state index contributed by atoms with van der Waals surface area (Å²) >= 11 is 0.745. The number of esters is 1. The average molecular weight is 421 g/mol. The Morgan fingerprint density at radius 3 is 2.48 bits per heavy atom. The third-order valence-corrected chi connectivity index (χ3v) is 4.30. The first kappa shape index (κ1) is 22.4. The van der Waals surface area contributed by atoms with Crippen LogP contribution in [0.3, 0.4) is 0 Å². The van der Waals surface area contributed by atoms with Crippen LogP contribution in [0.5, 0.6) is 0 Å². The molecule has 0 unspecified atom stereocenters. The SMILES string of the molecule is C=C1OC(COC(=O)SC[C@H](NC(C)=O)C(=O)OC(C)C)=C(c2ccccc2)O1. The summed E-state index contributed by atoms with van der Waals surface area (Å²) in [7, 11) is 0. The Bertz CT molecular complexity index is 804. The largest absolute Gasteiger partial charge is 0.461 e. The number of thioether (sulfide) groups is 1. The first-order valence-corrected chi connectivity index (χ1v) is 9.85. The molecule has 1 atom stereocenters. The van der Waals surface area contributed by atoms with Gasteiger partial charge in [-0.05, 0) is 32.2 Å². The molecule has 1 aliphatic heterocycles. The van der Waals surface area contributed by atoms with Crippen molar-refractivity contribution in [3.63, 3.8) is 0 Å². The Hall–Kier alpha value is -2.94. The van der Waals surface area contributed by atoms with Gasteiger partial charge in [0, 0.05) is 18.2 Å². The number of rotatable bonds is 8. The summed E-state index contributed by atoms with van der Waals surface area (Å²) in [6.45, 7) is 8.11. The molecule has 0 radical (unpaired) electrons. The third kappa shape index (κ3) is 7.19. The number of carbonyl (C=O) groups is 3. The minimum Gasteiger partial charge on any atom is -0.461 e. The van der Waals surface area contributed by atoms with Crippen molar-refractivity contribution >= 4 is 34.7 Å². The van der Waals surface area contributed by atoms with Crippen molar-refractivity contribution < 1.29 is 33.3 Å². The lowest BCUT2D eigenvalue weighted by molar-refractivity contribution is -0.150. The van der Waals surface area contributed by atoms with Gasteiger partial charge in [-0.3, -0.25) is 4.79 Å². The lowest BCUT2D eigenvalue weighted by atomic mass is 10.2. The highest BCUT2D eigenvalue weighted by Gasteiger charge is 2.26. The quantitative estimate of drug-likeness (QED) is 0.639. The monoisotopic (exact) mass is 421 g/mol. The Labute approximate surface area is 173 Å². The molecule has 0 aliphatic carbocycles. The molecule has 1 heterocycles. The molecule has 1 amide bonds. The molecule has 8 nitrogen and oxygen atoms in total. The van der Waals surface area contributed by atoms with Gasteiger partial charge in [-0.1, -0.05) is 30.3 Å². The molecule has 1 aromatic carbocycles. The van der Waals surface area contributed by atoms with E-state index in [0.29, 0.717) is 11.5 Å². The minimum atomic E-state index is -0.961. The van der Waals surface area contributed by atoms with Crippen molar-refractivity contribution in [2.45, 2.75) is 32.9 Å². The van der Waals surface area contributed by atoms with Crippen molar-refractivity contribution in [3.8, 4) is 0 Å². The smallest absolute Gasteiger partial charge is 0.367 e. The molecule has 0 spiro atoms. The average Bonchev–Trinajstić information content (AvgIpc) is 3.04. The zero-order chi connectivity index (χ0) is 21.4. The molecule has 9 heteroatoms. The first-order chi connectivity index (χ1) is 13.8. The van der Waals surface area contributed by atoms with Crippen LogP contribution >= 0.6 is 11.8 Å². The molecule has 0 saturated carbocycles. The van der Waals surface area contributed by atoms with Crippen LogP contribution in [0, 0.1) is 0 Å². The van der Waals surface area contributed by atoms with Crippen LogP contribution in [0.4, 0.5) is 4.79 Å². The summed E-state index contributed by atoms with van der Waals surface area (Å²) in [4.78, 5) is 35.4. The number of carbonyl (C=O) groups excluding carboxylic acids is 3. The van der Waals surface area contributed by atoms with E-state index in [0.717, 1.165) is 17.3 Å². The highest BCUT2D eigenvalue weighted by molar-refractivity contribution is 8.13. The predicted octanol–water partition coefficient (Wildman–Crippen LogP) is 3.20. The van der Waals surface area contributed by atoms with Crippen LogP contribution in [0.25, 0.3) is 5.76 Å². The van der Waals surface area contributed by atoms with Gasteiger partial charge >= 0.3 is 11.3 Å². The van der Waals surface area contributed by atoms with Gasteiger partial charge in [-0.2, -0.15) is 0 Å². The van der Waals surface area contributed by atoms with E-state index in [1.807, 2.05) is 30.3 Å². The summed E-state index contributed by atoms with van der Waals surface area (Å²) in [5, 5.41) is 1.82. The Morgan fingerprint density at radius 2 is 1.86 bits per heavy atom. The number of hydrogen-bond donors (Lipinski definition) is 1. The summed E-state index contributed by atoms with van der Waals surface area (Å²) < 4.78 is 21.1. The second kappa shape index (κ2) is 10.6. The number of nitrogens with one attached hydrogen (secondary N) is 1. The standard InChI is InChI=1S/C20H23NO7S/c1-12(2)26-19(23)16(21-13(3)22)11-29-20(24)25-10-17-18(28-14(4)27-17)15-8-6-5-7-9-15/h5-9,12,16H,4,10-11H2,1-3H3,(H,21,22)/t16-/m0/s1. The predicted molar refractivity (Wildman–Crippen MR) is 107 cm³/mol. The molecule has 2 rings (SSSR count). The van der Waals surface area contributed by atoms with Gasteiger partial charge in [0.25, 0.3) is 5.95 Å². The van der Waals surface area contributed by atoms with Crippen molar-refractivity contribution in [2.24, 2.45) is 0 Å². The topological polar surface area (TPSA) is 100 Å². The van der Waals surface area contributed by atoms with Gasteiger partial charge in [0.1, 0.15) is 6.04 Å². The van der Waals surface area contributed by atoms with Crippen LogP contribution in [0.1, 0.15) is 26.3 Å². The Kier molecular flexibility index (Phi) is 8.14. The zero-order valence-electron chi connectivity index (χ0n) is 16.4. The van der Waals surface area contributed by atoms with Gasteiger partial charge in [-0.15, -0.1) is 0 Å². The lowest BCUT2D eigenvalue weighted by Crippen LogP contribution is -2.43. The first-order valence-electron chi connectivity index (χ1n) is 8.86. The maximum Gasteiger partial charge on any atom is 0.367 e. The van der Waals surface area contributed by atoms with Gasteiger partial charge in [-0.25, -0.2) is 9.59 Å². The molecule has 1 aliphatic rings. The fourth-order valence-electron chi connectivity index (χ4n) is 2.33. The molecule has 0 saturated heterocycles. The summed E-state index contributed by atoms with van der Waals surface area (Å²) in [6.07, 6.45) is -0.341. The number of hydrogen-bond acceptors (Lipinski definition) is 8. The highest BCUT2D eigenvalue weighted by Crippen LogP contribution is 2.31. The number of amides is 1. The molecule has 0 aromatic heterocycles. The second-order valence-electron chi connectivity index (χ2n) is 6.28. The van der Waals surface area contributed by atoms with Gasteiger partial charge in [0.2, 0.25) is 5.91 Å². The van der Waals surface area contributed by atoms with Gasteiger partial charge in [0.05, 0.1) is 6.10 Å². The van der Waals surface area contributed by atoms with Crippen molar-refractivity contribution in [1.29, 1.82) is 0 Å². The van der Waals surface area contributed by atoms with Crippen LogP contribution in [-0.4, -0.2) is 41.7 Å². The maximum atomic E-state index is 12.1.